The lowest BCUT2D eigenvalue weighted by Gasteiger charge is -2.10. The Morgan fingerprint density at radius 1 is 1.17 bits per heavy atom. The maximum absolute atomic E-state index is 12.2. The van der Waals surface area contributed by atoms with Crippen LogP contribution in [0.5, 0.6) is 11.5 Å². The molecule has 0 aliphatic carbocycles. The van der Waals surface area contributed by atoms with Gasteiger partial charge in [-0.3, -0.25) is 4.79 Å². The number of imidazole rings is 1. The molecule has 3 aromatic rings. The number of hydrogen-bond acceptors (Lipinski definition) is 4. The number of carbonyl (C=O) groups is 1. The summed E-state index contributed by atoms with van der Waals surface area (Å²) in [5.74, 6) is 0.988. The average molecular weight is 346 g/mol. The van der Waals surface area contributed by atoms with E-state index in [1.54, 1.807) is 61.3 Å². The predicted octanol–water partition coefficient (Wildman–Crippen LogP) is 3.19. The van der Waals surface area contributed by atoms with Crippen molar-refractivity contribution in [2.24, 2.45) is 0 Å². The summed E-state index contributed by atoms with van der Waals surface area (Å²) >= 11 is 5.94. The van der Waals surface area contributed by atoms with E-state index < -0.39 is 0 Å². The third kappa shape index (κ3) is 3.44. The average Bonchev–Trinajstić information content (AvgIpc) is 2.95. The molecule has 6 nitrogen and oxygen atoms in total. The number of amides is 1. The Balaban J connectivity index is 1.72. The molecule has 0 unspecified atom stereocenters. The molecule has 0 atom stereocenters. The Kier molecular flexibility index (Phi) is 4.57. The van der Waals surface area contributed by atoms with Crippen LogP contribution in [0.15, 0.2) is 42.7 Å². The van der Waals surface area contributed by atoms with Gasteiger partial charge in [0.2, 0.25) is 5.91 Å². The molecular formula is C17H16ClN3O3. The van der Waals surface area contributed by atoms with Crippen LogP contribution in [-0.2, 0) is 11.2 Å². The zero-order valence-electron chi connectivity index (χ0n) is 13.2. The van der Waals surface area contributed by atoms with E-state index in [2.05, 4.69) is 10.3 Å². The van der Waals surface area contributed by atoms with E-state index in [1.165, 1.54) is 0 Å². The van der Waals surface area contributed by atoms with Gasteiger partial charge in [-0.1, -0.05) is 11.6 Å². The number of anilines is 1. The topological polar surface area (TPSA) is 64.9 Å². The highest BCUT2D eigenvalue weighted by molar-refractivity contribution is 6.30. The number of nitrogens with one attached hydrogen (secondary N) is 1. The summed E-state index contributed by atoms with van der Waals surface area (Å²) in [7, 11) is 3.11. The molecule has 0 aliphatic heterocycles. The summed E-state index contributed by atoms with van der Waals surface area (Å²) in [5.41, 5.74) is 2.04. The van der Waals surface area contributed by atoms with Crippen LogP contribution in [0.25, 0.3) is 5.65 Å². The summed E-state index contributed by atoms with van der Waals surface area (Å²) in [6.45, 7) is 0. The number of benzene rings is 1. The Morgan fingerprint density at radius 3 is 2.71 bits per heavy atom. The lowest BCUT2D eigenvalue weighted by molar-refractivity contribution is -0.115. The van der Waals surface area contributed by atoms with Crippen LogP contribution >= 0.6 is 11.6 Å². The van der Waals surface area contributed by atoms with Crippen LogP contribution < -0.4 is 14.8 Å². The van der Waals surface area contributed by atoms with Crippen molar-refractivity contribution in [1.82, 2.24) is 9.38 Å². The highest BCUT2D eigenvalue weighted by Gasteiger charge is 2.10. The molecule has 0 saturated heterocycles. The lowest BCUT2D eigenvalue weighted by Crippen LogP contribution is -2.14. The Morgan fingerprint density at radius 2 is 1.96 bits per heavy atom. The number of carbonyl (C=O) groups excluding carboxylic acids is 1. The first kappa shape index (κ1) is 16.1. The first-order valence-corrected chi connectivity index (χ1v) is 7.62. The maximum atomic E-state index is 12.2. The highest BCUT2D eigenvalue weighted by Crippen LogP contribution is 2.29. The standard InChI is InChI=1S/C17H16ClN3O3/c1-23-14-5-4-12(7-15(14)24-2)20-17(22)8-13-10-21-9-11(18)3-6-16(21)19-13/h3-7,9-10H,8H2,1-2H3,(H,20,22). The Hall–Kier alpha value is -2.73. The summed E-state index contributed by atoms with van der Waals surface area (Å²) in [4.78, 5) is 16.6. The van der Waals surface area contributed by atoms with Gasteiger partial charge in [-0.15, -0.1) is 0 Å². The normalized spacial score (nSPS) is 10.6. The monoisotopic (exact) mass is 345 g/mol. The third-order valence-corrected chi connectivity index (χ3v) is 3.70. The summed E-state index contributed by atoms with van der Waals surface area (Å²) in [6.07, 6.45) is 3.70. The molecule has 0 radical (unpaired) electrons. The van der Waals surface area contributed by atoms with Crippen molar-refractivity contribution in [1.29, 1.82) is 0 Å². The molecule has 0 bridgehead atoms. The molecule has 0 spiro atoms. The highest BCUT2D eigenvalue weighted by atomic mass is 35.5. The van der Waals surface area contributed by atoms with E-state index in [4.69, 9.17) is 21.1 Å². The lowest BCUT2D eigenvalue weighted by atomic mass is 10.2. The first-order chi connectivity index (χ1) is 11.6. The van der Waals surface area contributed by atoms with Gasteiger partial charge in [0.25, 0.3) is 0 Å². The number of rotatable bonds is 5. The zero-order valence-corrected chi connectivity index (χ0v) is 14.0. The van der Waals surface area contributed by atoms with Crippen molar-refractivity contribution in [3.63, 3.8) is 0 Å². The summed E-state index contributed by atoms with van der Waals surface area (Å²) in [5, 5.41) is 3.43. The van der Waals surface area contributed by atoms with Gasteiger partial charge in [0.15, 0.2) is 11.5 Å². The fraction of sp³-hybridized carbons (Fsp3) is 0.176. The van der Waals surface area contributed by atoms with E-state index in [1.807, 2.05) is 0 Å². The number of aromatic nitrogens is 2. The molecule has 1 aromatic carbocycles. The van der Waals surface area contributed by atoms with E-state index >= 15 is 0 Å². The van der Waals surface area contributed by atoms with Gasteiger partial charge in [0.05, 0.1) is 31.4 Å². The SMILES string of the molecule is COc1ccc(NC(=O)Cc2cn3cc(Cl)ccc3n2)cc1OC. The fourth-order valence-corrected chi connectivity index (χ4v) is 2.55. The first-order valence-electron chi connectivity index (χ1n) is 7.24. The second-order valence-electron chi connectivity index (χ2n) is 5.14. The molecule has 1 amide bonds. The van der Waals surface area contributed by atoms with Crippen molar-refractivity contribution >= 4 is 28.8 Å². The van der Waals surface area contributed by atoms with Gasteiger partial charge in [-0.2, -0.15) is 0 Å². The zero-order chi connectivity index (χ0) is 17.1. The van der Waals surface area contributed by atoms with E-state index in [0.29, 0.717) is 27.9 Å². The molecule has 24 heavy (non-hydrogen) atoms. The number of hydrogen-bond donors (Lipinski definition) is 1. The quantitative estimate of drug-likeness (QED) is 0.771. The van der Waals surface area contributed by atoms with Crippen molar-refractivity contribution < 1.29 is 14.3 Å². The Bertz CT molecular complexity index is 892. The maximum Gasteiger partial charge on any atom is 0.230 e. The Labute approximate surface area is 144 Å². The van der Waals surface area contributed by atoms with Crippen molar-refractivity contribution in [3.05, 3.63) is 53.4 Å². The van der Waals surface area contributed by atoms with Gasteiger partial charge in [0.1, 0.15) is 5.65 Å². The molecule has 7 heteroatoms. The van der Waals surface area contributed by atoms with Gasteiger partial charge in [0, 0.05) is 24.1 Å². The molecule has 2 heterocycles. The molecule has 0 aliphatic rings. The van der Waals surface area contributed by atoms with Crippen LogP contribution in [0.4, 0.5) is 5.69 Å². The van der Waals surface area contributed by atoms with E-state index in [0.717, 1.165) is 5.65 Å². The number of ether oxygens (including phenoxy) is 2. The van der Waals surface area contributed by atoms with Gasteiger partial charge < -0.3 is 19.2 Å². The van der Waals surface area contributed by atoms with Gasteiger partial charge in [-0.25, -0.2) is 4.98 Å². The van der Waals surface area contributed by atoms with Crippen LogP contribution in [0.2, 0.25) is 5.02 Å². The van der Waals surface area contributed by atoms with Crippen LogP contribution in [0, 0.1) is 0 Å². The molecule has 3 rings (SSSR count). The van der Waals surface area contributed by atoms with Crippen molar-refractivity contribution in [3.8, 4) is 11.5 Å². The molecule has 2 aromatic heterocycles. The molecule has 1 N–H and O–H groups in total. The fourth-order valence-electron chi connectivity index (χ4n) is 2.39. The number of nitrogens with zero attached hydrogens (tertiary/aromatic N) is 2. The van der Waals surface area contributed by atoms with E-state index in [9.17, 15) is 4.79 Å². The molecule has 0 saturated carbocycles. The van der Waals surface area contributed by atoms with Crippen molar-refractivity contribution in [2.75, 3.05) is 19.5 Å². The minimum absolute atomic E-state index is 0.160. The van der Waals surface area contributed by atoms with E-state index in [-0.39, 0.29) is 12.3 Å². The number of fused-ring (bicyclic) bond motifs is 1. The van der Waals surface area contributed by atoms with Crippen LogP contribution in [0.3, 0.4) is 0 Å². The van der Waals surface area contributed by atoms with Gasteiger partial charge in [-0.05, 0) is 24.3 Å². The van der Waals surface area contributed by atoms with Crippen molar-refractivity contribution in [2.45, 2.75) is 6.42 Å². The second-order valence-corrected chi connectivity index (χ2v) is 5.58. The minimum Gasteiger partial charge on any atom is -0.493 e. The van der Waals surface area contributed by atoms with Crippen LogP contribution in [-0.4, -0.2) is 29.5 Å². The summed E-state index contributed by atoms with van der Waals surface area (Å²) in [6, 6.07) is 8.76. The smallest absolute Gasteiger partial charge is 0.230 e. The number of methoxy groups -OCH3 is 2. The predicted molar refractivity (Wildman–Crippen MR) is 92.1 cm³/mol. The molecular weight excluding hydrogens is 330 g/mol. The van der Waals surface area contributed by atoms with Crippen LogP contribution in [0.1, 0.15) is 5.69 Å². The molecule has 124 valence electrons. The van der Waals surface area contributed by atoms with Gasteiger partial charge >= 0.3 is 0 Å². The third-order valence-electron chi connectivity index (χ3n) is 3.47. The minimum atomic E-state index is -0.170. The number of pyridine rings is 1. The number of halogens is 1. The second kappa shape index (κ2) is 6.80. The largest absolute Gasteiger partial charge is 0.493 e. The molecule has 0 fully saturated rings. The summed E-state index contributed by atoms with van der Waals surface area (Å²) < 4.78 is 12.2.